The molecule has 2 N–H and O–H groups in total. The highest BCUT2D eigenvalue weighted by Gasteiger charge is 2.04. The monoisotopic (exact) mass is 333 g/mol. The molecule has 0 unspecified atom stereocenters. The quantitative estimate of drug-likeness (QED) is 0.469. The Kier molecular flexibility index (Phi) is 8.71. The van der Waals surface area contributed by atoms with E-state index in [1.165, 1.54) is 11.6 Å². The Balaban J connectivity index is 0. The molecule has 0 aliphatic carbocycles. The fourth-order valence-corrected chi connectivity index (χ4v) is 1.86. The van der Waals surface area contributed by atoms with Crippen molar-refractivity contribution in [3.63, 3.8) is 0 Å². The topological polar surface area (TPSA) is 67.8 Å². The van der Waals surface area contributed by atoms with E-state index in [1.54, 1.807) is 31.4 Å². The van der Waals surface area contributed by atoms with Crippen LogP contribution in [0.5, 0.6) is 11.5 Å². The zero-order valence-corrected chi connectivity index (χ0v) is 14.2. The van der Waals surface area contributed by atoms with E-state index < -0.39 is 5.91 Å². The number of hydrogen-bond donors (Lipinski definition) is 2. The van der Waals surface area contributed by atoms with Crippen molar-refractivity contribution < 1.29 is 22.3 Å². The number of nitrogens with one attached hydrogen (secondary N) is 1. The summed E-state index contributed by atoms with van der Waals surface area (Å²) in [5.74, 6) is 0.642. The van der Waals surface area contributed by atoms with Gasteiger partial charge in [-0.1, -0.05) is 44.2 Å². The first kappa shape index (κ1) is 19.3. The van der Waals surface area contributed by atoms with Gasteiger partial charge in [0.05, 0.1) is 7.11 Å². The molecule has 5 heteroatoms. The summed E-state index contributed by atoms with van der Waals surface area (Å²) in [7, 11) is 1.54. The summed E-state index contributed by atoms with van der Waals surface area (Å²) in [6.45, 7) is 4.46. The van der Waals surface area contributed by atoms with E-state index in [1.807, 2.05) is 44.2 Å². The lowest BCUT2D eigenvalue weighted by molar-refractivity contribution is -0.124. The van der Waals surface area contributed by atoms with Crippen LogP contribution in [0.15, 0.2) is 54.6 Å². The Hall–Kier alpha value is -2.79. The van der Waals surface area contributed by atoms with Gasteiger partial charge in [-0.05, 0) is 23.8 Å². The van der Waals surface area contributed by atoms with Crippen LogP contribution in [0.1, 0.15) is 27.8 Å². The summed E-state index contributed by atoms with van der Waals surface area (Å²) in [5, 5.41) is 8.46. The smallest absolute Gasteiger partial charge is 0.267 e. The SMILES string of the molecule is CC.COc1cc(OCc2ccccc2)ccc1/C=C/C(=O)NO.[HH].[HH]. The van der Waals surface area contributed by atoms with Crippen LogP contribution < -0.4 is 15.0 Å². The fourth-order valence-electron chi connectivity index (χ4n) is 1.86. The lowest BCUT2D eigenvalue weighted by atomic mass is 10.1. The molecule has 0 saturated heterocycles. The molecule has 0 atom stereocenters. The summed E-state index contributed by atoms with van der Waals surface area (Å²) in [5.41, 5.74) is 3.31. The van der Waals surface area contributed by atoms with Crippen molar-refractivity contribution in [1.29, 1.82) is 0 Å². The van der Waals surface area contributed by atoms with Gasteiger partial charge >= 0.3 is 0 Å². The third kappa shape index (κ3) is 6.14. The average molecular weight is 333 g/mol. The van der Waals surface area contributed by atoms with E-state index in [2.05, 4.69) is 0 Å². The van der Waals surface area contributed by atoms with E-state index in [-0.39, 0.29) is 2.85 Å². The molecule has 2 aromatic carbocycles. The highest BCUT2D eigenvalue weighted by molar-refractivity contribution is 5.91. The molecular weight excluding hydrogens is 306 g/mol. The summed E-state index contributed by atoms with van der Waals surface area (Å²) >= 11 is 0. The lowest BCUT2D eigenvalue weighted by Gasteiger charge is -2.10. The zero-order valence-electron chi connectivity index (χ0n) is 14.2. The van der Waals surface area contributed by atoms with Gasteiger partial charge in [0, 0.05) is 20.6 Å². The molecule has 0 aliphatic heterocycles. The predicted octanol–water partition coefficient (Wildman–Crippen LogP) is 4.31. The van der Waals surface area contributed by atoms with E-state index >= 15 is 0 Å². The number of carbonyl (C=O) groups is 1. The third-order valence-corrected chi connectivity index (χ3v) is 2.98. The van der Waals surface area contributed by atoms with E-state index in [4.69, 9.17) is 14.7 Å². The zero-order chi connectivity index (χ0) is 17.8. The Morgan fingerprint density at radius 3 is 2.54 bits per heavy atom. The molecule has 2 rings (SSSR count). The minimum atomic E-state index is -0.605. The van der Waals surface area contributed by atoms with Crippen molar-refractivity contribution in [1.82, 2.24) is 5.48 Å². The molecule has 0 aliphatic rings. The molecule has 132 valence electrons. The second kappa shape index (κ2) is 10.9. The Bertz CT molecular complexity index is 664. The van der Waals surface area contributed by atoms with Gasteiger partial charge in [-0.25, -0.2) is 5.48 Å². The normalized spacial score (nSPS) is 9.83. The van der Waals surface area contributed by atoms with Crippen molar-refractivity contribution in [3.05, 3.63) is 65.7 Å². The highest BCUT2D eigenvalue weighted by atomic mass is 16.5. The molecule has 0 spiro atoms. The maximum absolute atomic E-state index is 11.0. The maximum atomic E-state index is 11.0. The largest absolute Gasteiger partial charge is 0.496 e. The minimum absolute atomic E-state index is 0. The molecule has 0 aromatic heterocycles. The summed E-state index contributed by atoms with van der Waals surface area (Å²) in [6.07, 6.45) is 2.76. The fraction of sp³-hybridized carbons (Fsp3) is 0.211. The van der Waals surface area contributed by atoms with Gasteiger partial charge in [-0.2, -0.15) is 0 Å². The Labute approximate surface area is 145 Å². The van der Waals surface area contributed by atoms with Crippen molar-refractivity contribution in [2.24, 2.45) is 0 Å². The third-order valence-electron chi connectivity index (χ3n) is 2.98. The van der Waals surface area contributed by atoms with E-state index in [9.17, 15) is 4.79 Å². The van der Waals surface area contributed by atoms with Gasteiger partial charge in [-0.3, -0.25) is 10.0 Å². The first-order valence-corrected chi connectivity index (χ1v) is 7.70. The number of rotatable bonds is 6. The second-order valence-corrected chi connectivity index (χ2v) is 4.49. The van der Waals surface area contributed by atoms with Crippen LogP contribution >= 0.6 is 0 Å². The van der Waals surface area contributed by atoms with Gasteiger partial charge in [0.15, 0.2) is 0 Å². The van der Waals surface area contributed by atoms with Gasteiger partial charge in [-0.15, -0.1) is 0 Å². The van der Waals surface area contributed by atoms with E-state index in [0.29, 0.717) is 23.7 Å². The van der Waals surface area contributed by atoms with Gasteiger partial charge < -0.3 is 9.47 Å². The highest BCUT2D eigenvalue weighted by Crippen LogP contribution is 2.26. The van der Waals surface area contributed by atoms with Crippen LogP contribution in [0.25, 0.3) is 6.08 Å². The van der Waals surface area contributed by atoms with Gasteiger partial charge in [0.1, 0.15) is 18.1 Å². The van der Waals surface area contributed by atoms with Crippen molar-refractivity contribution >= 4 is 12.0 Å². The number of benzene rings is 2. The van der Waals surface area contributed by atoms with Crippen LogP contribution in [0.2, 0.25) is 0 Å². The van der Waals surface area contributed by atoms with Crippen LogP contribution in [0.3, 0.4) is 0 Å². The number of hydroxylamine groups is 1. The average Bonchev–Trinajstić information content (AvgIpc) is 2.67. The van der Waals surface area contributed by atoms with Gasteiger partial charge in [0.2, 0.25) is 0 Å². The van der Waals surface area contributed by atoms with Crippen LogP contribution in [-0.4, -0.2) is 18.2 Å². The van der Waals surface area contributed by atoms with Crippen LogP contribution in [-0.2, 0) is 11.4 Å². The number of hydrogen-bond acceptors (Lipinski definition) is 4. The molecule has 1 amide bonds. The molecule has 2 aromatic rings. The molecule has 0 fully saturated rings. The van der Waals surface area contributed by atoms with Crippen molar-refractivity contribution in [2.45, 2.75) is 20.5 Å². The molecule has 24 heavy (non-hydrogen) atoms. The molecule has 0 radical (unpaired) electrons. The predicted molar refractivity (Wildman–Crippen MR) is 98.3 cm³/mol. The number of ether oxygens (including phenoxy) is 2. The maximum Gasteiger partial charge on any atom is 0.267 e. The molecular formula is C19H27NO4. The summed E-state index contributed by atoms with van der Waals surface area (Å²) < 4.78 is 11.0. The van der Waals surface area contributed by atoms with Crippen molar-refractivity contribution in [2.75, 3.05) is 7.11 Å². The summed E-state index contributed by atoms with van der Waals surface area (Å²) in [6, 6.07) is 15.2. The van der Waals surface area contributed by atoms with Gasteiger partial charge in [0.25, 0.3) is 5.91 Å². The lowest BCUT2D eigenvalue weighted by Crippen LogP contribution is -2.14. The first-order valence-electron chi connectivity index (χ1n) is 7.70. The van der Waals surface area contributed by atoms with Crippen LogP contribution in [0, 0.1) is 0 Å². The minimum Gasteiger partial charge on any atom is -0.496 e. The first-order chi connectivity index (χ1) is 11.7. The number of amides is 1. The second-order valence-electron chi connectivity index (χ2n) is 4.49. The standard InChI is InChI=1S/C17H17NO4.C2H6.2H2/c1-21-16-11-15(22-12-13-5-3-2-4-6-13)9-7-14(16)8-10-17(19)18-20;1-2;;/h2-11,20H,12H2,1H3,(H,18,19);1-2H3;2*1H/b10-8+;;;. The van der Waals surface area contributed by atoms with E-state index in [0.717, 1.165) is 5.56 Å². The van der Waals surface area contributed by atoms with Crippen molar-refractivity contribution in [3.8, 4) is 11.5 Å². The molecule has 0 bridgehead atoms. The number of carbonyl (C=O) groups excluding carboxylic acids is 1. The summed E-state index contributed by atoms with van der Waals surface area (Å²) in [4.78, 5) is 11.0. The Morgan fingerprint density at radius 1 is 1.21 bits per heavy atom. The molecule has 0 saturated carbocycles. The Morgan fingerprint density at radius 2 is 1.92 bits per heavy atom. The van der Waals surface area contributed by atoms with Crippen LogP contribution in [0.4, 0.5) is 0 Å². The number of methoxy groups -OCH3 is 1. The molecule has 5 nitrogen and oxygen atoms in total. The molecule has 0 heterocycles.